The number of fused-ring (bicyclic) bond motifs is 2. The van der Waals surface area contributed by atoms with Crippen molar-refractivity contribution in [1.29, 1.82) is 0 Å². The van der Waals surface area contributed by atoms with Crippen molar-refractivity contribution < 1.29 is 8.91 Å². The SMILES string of the molecule is Fc1ccc2c(C3CCN(CCN4C=Cc5cccnc5C4)CC3)noc2c1. The van der Waals surface area contributed by atoms with Gasteiger partial charge in [-0.3, -0.25) is 4.98 Å². The molecular weight excluding hydrogens is 355 g/mol. The van der Waals surface area contributed by atoms with E-state index in [1.54, 1.807) is 6.07 Å². The fraction of sp³-hybridized carbons (Fsp3) is 0.364. The second kappa shape index (κ2) is 7.36. The molecule has 4 heterocycles. The molecule has 1 aromatic carbocycles. The molecular formula is C22H23FN4O. The van der Waals surface area contributed by atoms with Crippen molar-refractivity contribution >= 4 is 17.0 Å². The van der Waals surface area contributed by atoms with Crippen molar-refractivity contribution in [1.82, 2.24) is 19.9 Å². The van der Waals surface area contributed by atoms with Gasteiger partial charge in [-0.05, 0) is 55.8 Å². The topological polar surface area (TPSA) is 45.4 Å². The van der Waals surface area contributed by atoms with Crippen LogP contribution in [0, 0.1) is 5.82 Å². The average molecular weight is 378 g/mol. The van der Waals surface area contributed by atoms with E-state index in [-0.39, 0.29) is 5.82 Å². The highest BCUT2D eigenvalue weighted by atomic mass is 19.1. The van der Waals surface area contributed by atoms with Gasteiger partial charge in [0.05, 0.1) is 17.9 Å². The van der Waals surface area contributed by atoms with E-state index in [0.717, 1.165) is 62.3 Å². The minimum atomic E-state index is -0.283. The van der Waals surface area contributed by atoms with Gasteiger partial charge in [0, 0.05) is 42.9 Å². The van der Waals surface area contributed by atoms with Gasteiger partial charge in [0.25, 0.3) is 0 Å². The zero-order valence-electron chi connectivity index (χ0n) is 15.7. The second-order valence-electron chi connectivity index (χ2n) is 7.65. The molecule has 28 heavy (non-hydrogen) atoms. The smallest absolute Gasteiger partial charge is 0.170 e. The number of piperidine rings is 1. The van der Waals surface area contributed by atoms with Crippen LogP contribution in [0.5, 0.6) is 0 Å². The van der Waals surface area contributed by atoms with Crippen molar-refractivity contribution in [3.05, 3.63) is 65.5 Å². The maximum atomic E-state index is 13.4. The summed E-state index contributed by atoms with van der Waals surface area (Å²) in [5.74, 6) is 0.100. The first-order chi connectivity index (χ1) is 13.8. The Balaban J connectivity index is 1.16. The highest BCUT2D eigenvalue weighted by Crippen LogP contribution is 2.32. The van der Waals surface area contributed by atoms with Crippen LogP contribution in [0.3, 0.4) is 0 Å². The van der Waals surface area contributed by atoms with Crippen molar-refractivity contribution in [2.45, 2.75) is 25.3 Å². The molecule has 2 aromatic heterocycles. The molecule has 1 saturated heterocycles. The highest BCUT2D eigenvalue weighted by Gasteiger charge is 2.25. The highest BCUT2D eigenvalue weighted by molar-refractivity contribution is 5.79. The molecule has 5 rings (SSSR count). The summed E-state index contributed by atoms with van der Waals surface area (Å²) in [6, 6.07) is 8.79. The summed E-state index contributed by atoms with van der Waals surface area (Å²) in [7, 11) is 0. The molecule has 0 aliphatic carbocycles. The van der Waals surface area contributed by atoms with E-state index in [9.17, 15) is 4.39 Å². The molecule has 2 aliphatic rings. The fourth-order valence-electron chi connectivity index (χ4n) is 4.24. The number of nitrogens with zero attached hydrogens (tertiary/aromatic N) is 4. The molecule has 1 fully saturated rings. The Morgan fingerprint density at radius 1 is 1.14 bits per heavy atom. The monoisotopic (exact) mass is 378 g/mol. The molecule has 0 spiro atoms. The van der Waals surface area contributed by atoms with E-state index in [2.05, 4.69) is 38.3 Å². The lowest BCUT2D eigenvalue weighted by Gasteiger charge is -2.33. The number of pyridine rings is 1. The summed E-state index contributed by atoms with van der Waals surface area (Å²) in [6.45, 7) is 5.02. The average Bonchev–Trinajstić information content (AvgIpc) is 3.15. The normalized spacial score (nSPS) is 18.0. The van der Waals surface area contributed by atoms with Crippen LogP contribution in [-0.2, 0) is 6.54 Å². The number of hydrogen-bond acceptors (Lipinski definition) is 5. The van der Waals surface area contributed by atoms with E-state index in [0.29, 0.717) is 11.5 Å². The zero-order chi connectivity index (χ0) is 18.9. The quantitative estimate of drug-likeness (QED) is 0.686. The molecule has 0 N–H and O–H groups in total. The molecule has 0 radical (unpaired) electrons. The van der Waals surface area contributed by atoms with Crippen LogP contribution in [-0.4, -0.2) is 46.1 Å². The van der Waals surface area contributed by atoms with Crippen molar-refractivity contribution in [2.75, 3.05) is 26.2 Å². The number of hydrogen-bond donors (Lipinski definition) is 0. The summed E-state index contributed by atoms with van der Waals surface area (Å²) < 4.78 is 18.7. The van der Waals surface area contributed by atoms with Crippen molar-refractivity contribution in [3.8, 4) is 0 Å². The van der Waals surface area contributed by atoms with Crippen LogP contribution in [0.25, 0.3) is 17.0 Å². The molecule has 0 atom stereocenters. The Labute approximate surface area is 163 Å². The standard InChI is InChI=1S/C22H23FN4O/c23-18-3-4-19-21(14-18)28-25-22(19)17-6-9-26(10-7-17)12-13-27-11-5-16-2-1-8-24-20(16)15-27/h1-5,8,11,14,17H,6-7,9-10,12-13,15H2. The second-order valence-corrected chi connectivity index (χ2v) is 7.65. The van der Waals surface area contributed by atoms with Crippen LogP contribution < -0.4 is 0 Å². The third kappa shape index (κ3) is 3.40. The number of halogens is 1. The first-order valence-electron chi connectivity index (χ1n) is 9.89. The Hall–Kier alpha value is -2.73. The fourth-order valence-corrected chi connectivity index (χ4v) is 4.24. The van der Waals surface area contributed by atoms with Gasteiger partial charge < -0.3 is 14.3 Å². The van der Waals surface area contributed by atoms with E-state index in [1.165, 1.54) is 17.7 Å². The van der Waals surface area contributed by atoms with Gasteiger partial charge in [0.15, 0.2) is 5.58 Å². The van der Waals surface area contributed by atoms with Crippen LogP contribution >= 0.6 is 0 Å². The van der Waals surface area contributed by atoms with Crippen LogP contribution in [0.15, 0.2) is 47.3 Å². The molecule has 5 nitrogen and oxygen atoms in total. The van der Waals surface area contributed by atoms with Crippen LogP contribution in [0.2, 0.25) is 0 Å². The van der Waals surface area contributed by atoms with Crippen molar-refractivity contribution in [3.63, 3.8) is 0 Å². The maximum Gasteiger partial charge on any atom is 0.170 e. The molecule has 0 unspecified atom stereocenters. The molecule has 3 aromatic rings. The Morgan fingerprint density at radius 3 is 2.93 bits per heavy atom. The molecule has 0 bridgehead atoms. The summed E-state index contributed by atoms with van der Waals surface area (Å²) in [5.41, 5.74) is 3.90. The first kappa shape index (κ1) is 17.4. The molecule has 144 valence electrons. The predicted molar refractivity (Wildman–Crippen MR) is 106 cm³/mol. The van der Waals surface area contributed by atoms with E-state index < -0.39 is 0 Å². The lowest BCUT2D eigenvalue weighted by molar-refractivity contribution is 0.187. The maximum absolute atomic E-state index is 13.4. The Kier molecular flexibility index (Phi) is 4.56. The van der Waals surface area contributed by atoms with Gasteiger partial charge in [-0.2, -0.15) is 0 Å². The van der Waals surface area contributed by atoms with Gasteiger partial charge in [-0.1, -0.05) is 11.2 Å². The Morgan fingerprint density at radius 2 is 2.04 bits per heavy atom. The lowest BCUT2D eigenvalue weighted by atomic mass is 9.91. The van der Waals surface area contributed by atoms with Crippen LogP contribution in [0.1, 0.15) is 35.7 Å². The number of likely N-dealkylation sites (tertiary alicyclic amines) is 1. The molecule has 0 saturated carbocycles. The summed E-state index contributed by atoms with van der Waals surface area (Å²) in [5, 5.41) is 5.19. The largest absolute Gasteiger partial charge is 0.370 e. The third-order valence-electron chi connectivity index (χ3n) is 5.88. The molecule has 2 aliphatic heterocycles. The van der Waals surface area contributed by atoms with Gasteiger partial charge in [-0.15, -0.1) is 0 Å². The zero-order valence-corrected chi connectivity index (χ0v) is 15.7. The third-order valence-corrected chi connectivity index (χ3v) is 5.88. The Bertz CT molecular complexity index is 1010. The van der Waals surface area contributed by atoms with Gasteiger partial charge in [0.2, 0.25) is 0 Å². The van der Waals surface area contributed by atoms with E-state index in [4.69, 9.17) is 4.52 Å². The predicted octanol–water partition coefficient (Wildman–Crippen LogP) is 4.03. The van der Waals surface area contributed by atoms with Gasteiger partial charge in [0.1, 0.15) is 5.82 Å². The summed E-state index contributed by atoms with van der Waals surface area (Å²) >= 11 is 0. The van der Waals surface area contributed by atoms with E-state index in [1.807, 2.05) is 12.3 Å². The van der Waals surface area contributed by atoms with Gasteiger partial charge >= 0.3 is 0 Å². The minimum Gasteiger partial charge on any atom is -0.370 e. The van der Waals surface area contributed by atoms with E-state index >= 15 is 0 Å². The van der Waals surface area contributed by atoms with Gasteiger partial charge in [-0.25, -0.2) is 4.39 Å². The first-order valence-corrected chi connectivity index (χ1v) is 9.89. The minimum absolute atomic E-state index is 0.283. The number of rotatable bonds is 4. The van der Waals surface area contributed by atoms with Crippen molar-refractivity contribution in [2.24, 2.45) is 0 Å². The number of aromatic nitrogens is 2. The molecule has 0 amide bonds. The number of benzene rings is 1. The van der Waals surface area contributed by atoms with Crippen LogP contribution in [0.4, 0.5) is 4.39 Å². The summed E-state index contributed by atoms with van der Waals surface area (Å²) in [6.07, 6.45) is 8.30. The molecule has 6 heteroatoms. The lowest BCUT2D eigenvalue weighted by Crippen LogP contribution is -2.38. The summed E-state index contributed by atoms with van der Waals surface area (Å²) in [4.78, 5) is 9.34.